The van der Waals surface area contributed by atoms with Crippen LogP contribution in [0.2, 0.25) is 0 Å². The third kappa shape index (κ3) is 6.42. The summed E-state index contributed by atoms with van der Waals surface area (Å²) in [6.45, 7) is 0. The number of aromatic carboxylic acids is 1. The molecular weight excluding hydrogens is 529 g/mol. The molecule has 200 valence electrons. The number of hydrogen-bond acceptors (Lipinski definition) is 9. The van der Waals surface area contributed by atoms with Gasteiger partial charge in [0, 0.05) is 31.3 Å². The summed E-state index contributed by atoms with van der Waals surface area (Å²) in [7, 11) is -2.27. The summed E-state index contributed by atoms with van der Waals surface area (Å²) in [5, 5.41) is 17.8. The smallest absolute Gasteiger partial charge is 0.341 e. The molecule has 0 spiro atoms. The number of nitrogens with one attached hydrogen (secondary N) is 3. The van der Waals surface area contributed by atoms with Gasteiger partial charge in [0.05, 0.1) is 28.9 Å². The van der Waals surface area contributed by atoms with Crippen molar-refractivity contribution in [2.45, 2.75) is 0 Å². The van der Waals surface area contributed by atoms with E-state index in [9.17, 15) is 27.5 Å². The predicted molar refractivity (Wildman–Crippen MR) is 144 cm³/mol. The van der Waals surface area contributed by atoms with Crippen LogP contribution in [0.3, 0.4) is 0 Å². The number of halogens is 1. The molecule has 0 atom stereocenters. The number of amides is 1. The van der Waals surface area contributed by atoms with Crippen LogP contribution < -0.4 is 20.3 Å². The molecule has 12 nitrogen and oxygen atoms in total. The summed E-state index contributed by atoms with van der Waals surface area (Å²) < 4.78 is 39.8. The molecule has 2 aromatic carbocycles. The Balaban J connectivity index is 1.63. The number of carboxylic acids is 1. The van der Waals surface area contributed by atoms with Gasteiger partial charge in [-0.1, -0.05) is 12.1 Å². The summed E-state index contributed by atoms with van der Waals surface area (Å²) in [6.07, 6.45) is 4.96. The van der Waals surface area contributed by atoms with Crippen molar-refractivity contribution in [3.8, 4) is 0 Å². The molecule has 0 aliphatic carbocycles. The second-order valence-electron chi connectivity index (χ2n) is 8.15. The molecule has 0 saturated carbocycles. The van der Waals surface area contributed by atoms with E-state index >= 15 is 0 Å². The summed E-state index contributed by atoms with van der Waals surface area (Å²) in [5.41, 5.74) is 0.671. The number of carbonyl (C=O) groups is 2. The predicted octanol–water partition coefficient (Wildman–Crippen LogP) is 3.84. The molecule has 0 radical (unpaired) electrons. The number of rotatable bonds is 9. The fraction of sp³-hybridized carbons (Fsp3) is 0.0800. The monoisotopic (exact) mass is 551 g/mol. The van der Waals surface area contributed by atoms with E-state index in [1.54, 1.807) is 30.3 Å². The zero-order chi connectivity index (χ0) is 28.2. The van der Waals surface area contributed by atoms with E-state index in [2.05, 4.69) is 30.9 Å². The molecular formula is C25H22FN7O5S. The van der Waals surface area contributed by atoms with Crippen LogP contribution in [-0.4, -0.2) is 53.7 Å². The first-order chi connectivity index (χ1) is 18.5. The average molecular weight is 552 g/mol. The number of hydrogen-bond donors (Lipinski definition) is 4. The number of pyridine rings is 1. The Bertz CT molecular complexity index is 1650. The summed E-state index contributed by atoms with van der Waals surface area (Å²) >= 11 is 0. The number of para-hydroxylation sites is 2. The van der Waals surface area contributed by atoms with Gasteiger partial charge in [0.15, 0.2) is 5.82 Å². The van der Waals surface area contributed by atoms with E-state index < -0.39 is 27.7 Å². The molecule has 0 aliphatic heterocycles. The standard InChI is InChI=1S/C25H22FN7O5S/c1-33(39(2,37)38)21-8-4-3-7-19(21)30-22-17(24(35)36)14-28-25(32-22)31-20-12-16(9-10-18(20)26)29-23(34)15-6-5-11-27-13-15/h3-14H,1-2H3,(H,29,34)(H,35,36)(H2,28,30,31,32). The van der Waals surface area contributed by atoms with Crippen LogP contribution in [-0.2, 0) is 10.0 Å². The zero-order valence-electron chi connectivity index (χ0n) is 20.6. The van der Waals surface area contributed by atoms with Gasteiger partial charge in [-0.05, 0) is 42.5 Å². The van der Waals surface area contributed by atoms with Crippen LogP contribution in [0.25, 0.3) is 0 Å². The highest BCUT2D eigenvalue weighted by Gasteiger charge is 2.20. The minimum atomic E-state index is -3.62. The van der Waals surface area contributed by atoms with Crippen molar-refractivity contribution in [2.75, 3.05) is 33.6 Å². The van der Waals surface area contributed by atoms with Crippen LogP contribution in [0.15, 0.2) is 73.2 Å². The van der Waals surface area contributed by atoms with Gasteiger partial charge in [0.1, 0.15) is 11.4 Å². The third-order valence-electron chi connectivity index (χ3n) is 5.41. The molecule has 0 fully saturated rings. The number of sulfonamides is 1. The van der Waals surface area contributed by atoms with Crippen LogP contribution >= 0.6 is 0 Å². The second-order valence-corrected chi connectivity index (χ2v) is 10.2. The number of aromatic nitrogens is 3. The lowest BCUT2D eigenvalue weighted by molar-refractivity contribution is 0.0697. The molecule has 39 heavy (non-hydrogen) atoms. The summed E-state index contributed by atoms with van der Waals surface area (Å²) in [4.78, 5) is 36.3. The Labute approximate surface area is 222 Å². The molecule has 2 heterocycles. The fourth-order valence-electron chi connectivity index (χ4n) is 3.37. The molecule has 1 amide bonds. The highest BCUT2D eigenvalue weighted by Crippen LogP contribution is 2.31. The lowest BCUT2D eigenvalue weighted by Gasteiger charge is -2.21. The highest BCUT2D eigenvalue weighted by molar-refractivity contribution is 7.92. The van der Waals surface area contributed by atoms with Gasteiger partial charge in [-0.25, -0.2) is 22.6 Å². The molecule has 4 rings (SSSR count). The lowest BCUT2D eigenvalue weighted by Crippen LogP contribution is -2.25. The highest BCUT2D eigenvalue weighted by atomic mass is 32.2. The summed E-state index contributed by atoms with van der Waals surface area (Å²) in [6, 6.07) is 13.3. The van der Waals surface area contributed by atoms with Crippen molar-refractivity contribution in [2.24, 2.45) is 0 Å². The number of carboxylic acid groups (broad SMARTS) is 1. The number of nitrogens with zero attached hydrogens (tertiary/aromatic N) is 4. The Morgan fingerprint density at radius 3 is 2.46 bits per heavy atom. The van der Waals surface area contributed by atoms with Gasteiger partial charge in [-0.15, -0.1) is 0 Å². The van der Waals surface area contributed by atoms with Crippen molar-refractivity contribution in [3.63, 3.8) is 0 Å². The van der Waals surface area contributed by atoms with Gasteiger partial charge >= 0.3 is 5.97 Å². The van der Waals surface area contributed by atoms with Crippen molar-refractivity contribution < 1.29 is 27.5 Å². The van der Waals surface area contributed by atoms with Crippen LogP contribution in [0, 0.1) is 5.82 Å². The molecule has 14 heteroatoms. The average Bonchev–Trinajstić information content (AvgIpc) is 2.90. The Morgan fingerprint density at radius 2 is 1.77 bits per heavy atom. The SMILES string of the molecule is CN(c1ccccc1Nc1nc(Nc2cc(NC(=O)c3cccnc3)ccc2F)ncc1C(=O)O)S(C)(=O)=O. The number of carbonyl (C=O) groups excluding carboxylic acids is 1. The van der Waals surface area contributed by atoms with E-state index in [1.807, 2.05) is 0 Å². The minimum Gasteiger partial charge on any atom is -0.477 e. The quantitative estimate of drug-likeness (QED) is 0.240. The largest absolute Gasteiger partial charge is 0.477 e. The van der Waals surface area contributed by atoms with Crippen LogP contribution in [0.1, 0.15) is 20.7 Å². The van der Waals surface area contributed by atoms with Crippen molar-refractivity contribution in [1.82, 2.24) is 15.0 Å². The van der Waals surface area contributed by atoms with E-state index in [0.717, 1.165) is 22.8 Å². The molecule has 4 aromatic rings. The molecule has 0 unspecified atom stereocenters. The normalized spacial score (nSPS) is 10.9. The van der Waals surface area contributed by atoms with E-state index in [1.165, 1.54) is 37.6 Å². The number of benzene rings is 2. The first kappa shape index (κ1) is 26.9. The zero-order valence-corrected chi connectivity index (χ0v) is 21.4. The maximum Gasteiger partial charge on any atom is 0.341 e. The van der Waals surface area contributed by atoms with Gasteiger partial charge < -0.3 is 21.1 Å². The lowest BCUT2D eigenvalue weighted by atomic mass is 10.2. The molecule has 0 bridgehead atoms. The minimum absolute atomic E-state index is 0.0924. The molecule has 0 saturated heterocycles. The van der Waals surface area contributed by atoms with Crippen molar-refractivity contribution >= 4 is 56.4 Å². The van der Waals surface area contributed by atoms with Gasteiger partial charge in [-0.3, -0.25) is 14.1 Å². The van der Waals surface area contributed by atoms with Crippen molar-refractivity contribution in [3.05, 3.63) is 90.1 Å². The second kappa shape index (κ2) is 11.1. The Morgan fingerprint density at radius 1 is 1.00 bits per heavy atom. The third-order valence-corrected chi connectivity index (χ3v) is 6.60. The van der Waals surface area contributed by atoms with Gasteiger partial charge in [-0.2, -0.15) is 4.98 Å². The van der Waals surface area contributed by atoms with Gasteiger partial charge in [0.25, 0.3) is 5.91 Å². The maximum absolute atomic E-state index is 14.6. The molecule has 4 N–H and O–H groups in total. The van der Waals surface area contributed by atoms with Crippen LogP contribution in [0.4, 0.5) is 38.9 Å². The van der Waals surface area contributed by atoms with E-state index in [4.69, 9.17) is 0 Å². The van der Waals surface area contributed by atoms with E-state index in [0.29, 0.717) is 5.56 Å². The fourth-order valence-corrected chi connectivity index (χ4v) is 3.89. The maximum atomic E-state index is 14.6. The number of anilines is 6. The molecule has 0 aliphatic rings. The van der Waals surface area contributed by atoms with E-state index in [-0.39, 0.29) is 40.1 Å². The topological polar surface area (TPSA) is 167 Å². The van der Waals surface area contributed by atoms with Crippen LogP contribution in [0.5, 0.6) is 0 Å². The van der Waals surface area contributed by atoms with Crippen molar-refractivity contribution in [1.29, 1.82) is 0 Å². The first-order valence-electron chi connectivity index (χ1n) is 11.2. The Hall–Kier alpha value is -5.11. The summed E-state index contributed by atoms with van der Waals surface area (Å²) in [5.74, 6) is -2.81. The first-order valence-corrected chi connectivity index (χ1v) is 13.1. The molecule has 2 aromatic heterocycles. The van der Waals surface area contributed by atoms with Gasteiger partial charge in [0.2, 0.25) is 16.0 Å². The Kier molecular flexibility index (Phi) is 7.67.